The number of carboxylic acids is 1. The van der Waals surface area contributed by atoms with E-state index in [1.54, 1.807) is 5.32 Å². The molecule has 0 heterocycles. The van der Waals surface area contributed by atoms with Crippen LogP contribution in [-0.4, -0.2) is 29.6 Å². The van der Waals surface area contributed by atoms with Crippen molar-refractivity contribution in [3.8, 4) is 0 Å². The summed E-state index contributed by atoms with van der Waals surface area (Å²) in [5, 5.41) is 10.0. The molecular weight excluding hydrogens is 162 g/mol. The quantitative estimate of drug-likeness (QED) is 0.426. The summed E-state index contributed by atoms with van der Waals surface area (Å²) < 4.78 is 29.1. The van der Waals surface area contributed by atoms with E-state index in [1.807, 2.05) is 0 Å². The third-order valence-corrected chi connectivity index (χ3v) is 0.913. The molecule has 0 saturated heterocycles. The van der Waals surface area contributed by atoms with Crippen LogP contribution in [0.1, 0.15) is 18.3 Å². The fourth-order valence-electron chi connectivity index (χ4n) is 0.354. The molecule has 0 saturated carbocycles. The van der Waals surface area contributed by atoms with Crippen LogP contribution >= 0.6 is 0 Å². The Hall–Kier alpha value is -1.30. The highest BCUT2D eigenvalue weighted by Crippen LogP contribution is 1.92. The molecule has 0 aliphatic heterocycles. The molecule has 70 valence electrons. The molecule has 0 radical (unpaired) electrons. The van der Waals surface area contributed by atoms with Gasteiger partial charge in [-0.2, -0.15) is 0 Å². The second-order valence-electron chi connectivity index (χ2n) is 1.94. The lowest BCUT2D eigenvalue weighted by Crippen LogP contribution is -2.33. The maximum atomic E-state index is 10.4. The zero-order valence-electron chi connectivity index (χ0n) is 10.2. The molecule has 0 bridgehead atoms. The Morgan fingerprint density at radius 1 is 1.67 bits per heavy atom. The normalized spacial score (nSPS) is 19.4. The van der Waals surface area contributed by atoms with Crippen molar-refractivity contribution in [2.45, 2.75) is 18.8 Å². The van der Waals surface area contributed by atoms with Gasteiger partial charge in [0.15, 0.2) is 0 Å². The van der Waals surface area contributed by atoms with E-state index in [1.165, 1.54) is 0 Å². The molecule has 0 unspecified atom stereocenters. The van der Waals surface area contributed by atoms with Gasteiger partial charge in [0.05, 0.1) is 0 Å². The summed E-state index contributed by atoms with van der Waals surface area (Å²) in [5.74, 6) is -1.46. The number of primary amides is 1. The van der Waals surface area contributed by atoms with E-state index < -0.39 is 37.3 Å². The largest absolute Gasteiger partial charge is 0.480 e. The number of aliphatic carboxylic acids is 1. The summed E-state index contributed by atoms with van der Waals surface area (Å²) in [4.78, 5) is 20.8. The Morgan fingerprint density at radius 3 is 2.67 bits per heavy atom. The average molecular weight is 179 g/mol. The van der Waals surface area contributed by atoms with E-state index >= 15 is 0 Å². The van der Waals surface area contributed by atoms with E-state index in [0.29, 0.717) is 0 Å². The van der Waals surface area contributed by atoms with Gasteiger partial charge in [-0.15, -0.1) is 0 Å². The van der Waals surface area contributed by atoms with Crippen molar-refractivity contribution in [1.29, 1.82) is 0 Å². The van der Waals surface area contributed by atoms with E-state index in [2.05, 4.69) is 5.73 Å². The predicted molar refractivity (Wildman–Crippen MR) is 42.4 cm³/mol. The van der Waals surface area contributed by atoms with Gasteiger partial charge in [-0.05, 0) is 12.8 Å². The lowest BCUT2D eigenvalue weighted by atomic mass is 10.2. The minimum Gasteiger partial charge on any atom is -0.480 e. The number of nitrogens with one attached hydrogen (secondary N) is 1. The molecule has 0 rings (SSSR count). The third kappa shape index (κ3) is 5.48. The highest BCUT2D eigenvalue weighted by Gasteiger charge is 2.09. The smallest absolute Gasteiger partial charge is 0.320 e. The molecular formula is C6H13N3O3. The van der Waals surface area contributed by atoms with Crippen LogP contribution in [0.5, 0.6) is 0 Å². The first kappa shape index (κ1) is 5.36. The number of carboxylic acid groups (broad SMARTS) is 1. The minimum absolute atomic E-state index is 0.796. The molecule has 0 aliphatic carbocycles. The van der Waals surface area contributed by atoms with Crippen molar-refractivity contribution in [2.75, 3.05) is 6.50 Å². The molecule has 0 aromatic heterocycles. The van der Waals surface area contributed by atoms with Crippen LogP contribution in [0.4, 0.5) is 4.79 Å². The highest BCUT2D eigenvalue weighted by atomic mass is 16.4. The van der Waals surface area contributed by atoms with E-state index in [9.17, 15) is 9.59 Å². The van der Waals surface area contributed by atoms with E-state index in [0.717, 1.165) is 0 Å². The third-order valence-electron chi connectivity index (χ3n) is 0.913. The maximum absolute atomic E-state index is 10.4. The van der Waals surface area contributed by atoms with Crippen molar-refractivity contribution < 1.29 is 20.2 Å². The molecule has 6 N–H and O–H groups in total. The summed E-state index contributed by atoms with van der Waals surface area (Å²) in [7, 11) is 0. The van der Waals surface area contributed by atoms with Crippen molar-refractivity contribution in [2.24, 2.45) is 11.5 Å². The summed E-state index contributed by atoms with van der Waals surface area (Å²) in [6.07, 6.45) is -3.45. The monoisotopic (exact) mass is 179 g/mol. The van der Waals surface area contributed by atoms with Crippen LogP contribution in [0.15, 0.2) is 0 Å². The number of amides is 2. The second-order valence-corrected chi connectivity index (χ2v) is 1.94. The van der Waals surface area contributed by atoms with Crippen molar-refractivity contribution in [3.05, 3.63) is 0 Å². The molecule has 0 fully saturated rings. The Kier molecular flexibility index (Phi) is 2.40. The summed E-state index contributed by atoms with van der Waals surface area (Å²) >= 11 is 0. The zero-order chi connectivity index (χ0) is 13.1. The molecule has 12 heavy (non-hydrogen) atoms. The number of urea groups is 1. The van der Waals surface area contributed by atoms with Crippen molar-refractivity contribution >= 4 is 12.0 Å². The van der Waals surface area contributed by atoms with Gasteiger partial charge in [-0.1, -0.05) is 0 Å². The Labute approximate surface area is 75.5 Å². The molecule has 0 spiro atoms. The molecule has 6 heteroatoms. The lowest BCUT2D eigenvalue weighted by Gasteiger charge is -2.05. The first-order chi connectivity index (χ1) is 6.99. The number of carbonyl (C=O) groups is 2. The van der Waals surface area contributed by atoms with Crippen LogP contribution in [0.3, 0.4) is 0 Å². The van der Waals surface area contributed by atoms with Gasteiger partial charge in [0, 0.05) is 12.0 Å². The maximum Gasteiger partial charge on any atom is 0.320 e. The number of hydrogen-bond acceptors (Lipinski definition) is 3. The van der Waals surface area contributed by atoms with Crippen LogP contribution in [0.2, 0.25) is 0 Å². The van der Waals surface area contributed by atoms with E-state index in [-0.39, 0.29) is 0 Å². The standard InChI is InChI=1S/C6H13N3O3/c7-4(5(10)11)2-1-3-9-6(8)12/h4H,1-3,7H2,(H,10,11)(H3,8,9,12)/t4-/m0/s1/i1D2,3D2. The van der Waals surface area contributed by atoms with Gasteiger partial charge >= 0.3 is 12.0 Å². The van der Waals surface area contributed by atoms with Crippen LogP contribution in [0.25, 0.3) is 0 Å². The predicted octanol–water partition coefficient (Wildman–Crippen LogP) is -1.15. The fourth-order valence-corrected chi connectivity index (χ4v) is 0.354. The van der Waals surface area contributed by atoms with Crippen molar-refractivity contribution in [1.82, 2.24) is 5.32 Å². The second kappa shape index (κ2) is 5.36. The number of carbonyl (C=O) groups excluding carboxylic acids is 1. The topological polar surface area (TPSA) is 118 Å². The van der Waals surface area contributed by atoms with Crippen LogP contribution < -0.4 is 16.8 Å². The van der Waals surface area contributed by atoms with E-state index in [4.69, 9.17) is 16.3 Å². The minimum atomic E-state index is -2.80. The first-order valence-corrected chi connectivity index (χ1v) is 3.05. The zero-order valence-corrected chi connectivity index (χ0v) is 6.20. The van der Waals surface area contributed by atoms with Gasteiger partial charge in [-0.3, -0.25) is 4.79 Å². The average Bonchev–Trinajstić information content (AvgIpc) is 1.99. The first-order valence-electron chi connectivity index (χ1n) is 5.05. The molecule has 2 amide bonds. The van der Waals surface area contributed by atoms with Crippen LogP contribution in [0, 0.1) is 0 Å². The SMILES string of the molecule is [2H]C([2H])(C[C@H](N)C(=O)O)C([2H])([2H])NC(N)=O. The number of hydrogen-bond donors (Lipinski definition) is 4. The Morgan fingerprint density at radius 2 is 2.25 bits per heavy atom. The number of rotatable bonds is 5. The summed E-state index contributed by atoms with van der Waals surface area (Å²) in [6, 6.07) is -2.82. The van der Waals surface area contributed by atoms with Gasteiger partial charge < -0.3 is 21.9 Å². The molecule has 6 nitrogen and oxygen atoms in total. The van der Waals surface area contributed by atoms with Gasteiger partial charge in [0.1, 0.15) is 6.04 Å². The van der Waals surface area contributed by atoms with Crippen molar-refractivity contribution in [3.63, 3.8) is 0 Å². The van der Waals surface area contributed by atoms with Gasteiger partial charge in [-0.25, -0.2) is 4.79 Å². The summed E-state index contributed by atoms with van der Waals surface area (Å²) in [6.45, 7) is -2.80. The molecule has 0 aromatic rings. The fraction of sp³-hybridized carbons (Fsp3) is 0.667. The van der Waals surface area contributed by atoms with Gasteiger partial charge in [0.2, 0.25) is 0 Å². The number of nitrogens with two attached hydrogens (primary N) is 2. The molecule has 1 atom stereocenters. The lowest BCUT2D eigenvalue weighted by molar-refractivity contribution is -0.138. The summed E-state index contributed by atoms with van der Waals surface area (Å²) in [5.41, 5.74) is 9.74. The Balaban J connectivity index is 4.75. The molecule has 0 aromatic carbocycles. The molecule has 0 aliphatic rings. The van der Waals surface area contributed by atoms with Crippen LogP contribution in [-0.2, 0) is 4.79 Å². The Bertz CT molecular complexity index is 297. The highest BCUT2D eigenvalue weighted by molar-refractivity contribution is 5.73. The van der Waals surface area contributed by atoms with Gasteiger partial charge in [0.25, 0.3) is 0 Å².